The molecule has 2 fully saturated rings. The van der Waals surface area contributed by atoms with E-state index in [2.05, 4.69) is 15.6 Å². The number of aryl methyl sites for hydroxylation is 1. The van der Waals surface area contributed by atoms with Crippen LogP contribution in [0.25, 0.3) is 10.4 Å². The number of nitrogens with one attached hydrogen (secondary N) is 2. The number of amides is 3. The lowest BCUT2D eigenvalue weighted by Gasteiger charge is -2.36. The summed E-state index contributed by atoms with van der Waals surface area (Å²) in [5.74, 6) is -5.62. The molecule has 0 bridgehead atoms. The van der Waals surface area contributed by atoms with Crippen molar-refractivity contribution in [3.63, 3.8) is 0 Å². The highest BCUT2D eigenvalue weighted by Crippen LogP contribution is 2.63. The number of rotatable bonds is 8. The molecule has 2 aliphatic rings. The molecule has 1 aromatic heterocycles. The number of halogens is 3. The predicted octanol–water partition coefficient (Wildman–Crippen LogP) is 3.36. The van der Waals surface area contributed by atoms with Gasteiger partial charge in [0, 0.05) is 19.5 Å². The van der Waals surface area contributed by atoms with Gasteiger partial charge in [-0.1, -0.05) is 58.9 Å². The molecule has 1 aliphatic carbocycles. The first-order valence-corrected chi connectivity index (χ1v) is 15.5. The summed E-state index contributed by atoms with van der Waals surface area (Å²) in [6, 6.07) is 5.77. The molecule has 12 nitrogen and oxygen atoms in total. The Morgan fingerprint density at radius 3 is 2.06 bits per heavy atom. The second-order valence-electron chi connectivity index (χ2n) is 13.4. The van der Waals surface area contributed by atoms with Gasteiger partial charge in [0.05, 0.1) is 22.2 Å². The van der Waals surface area contributed by atoms with Crippen molar-refractivity contribution in [3.8, 4) is 10.4 Å². The number of aromatic nitrogens is 1. The van der Waals surface area contributed by atoms with Crippen molar-refractivity contribution in [1.82, 2.24) is 20.5 Å². The average Bonchev–Trinajstić information content (AvgIpc) is 3.22. The fourth-order valence-electron chi connectivity index (χ4n) is 5.50. The Bertz CT molecular complexity index is 1520. The van der Waals surface area contributed by atoms with E-state index in [-0.39, 0.29) is 25.9 Å². The highest BCUT2D eigenvalue weighted by Gasteiger charge is 2.72. The molecule has 4 atom stereocenters. The quantitative estimate of drug-likeness (QED) is 0.260. The number of β-amino-alcohol motifs (C(OH)–C–C–N with tert-alkyl or cyclic N) is 1. The molecule has 0 spiro atoms. The van der Waals surface area contributed by atoms with E-state index in [4.69, 9.17) is 9.90 Å². The molecular weight excluding hydrogens is 645 g/mol. The highest BCUT2D eigenvalue weighted by molar-refractivity contribution is 7.13. The van der Waals surface area contributed by atoms with Gasteiger partial charge in [-0.25, -0.2) is 9.78 Å². The van der Waals surface area contributed by atoms with Crippen LogP contribution < -0.4 is 10.6 Å². The highest BCUT2D eigenvalue weighted by atomic mass is 32.1. The number of thiazole rings is 1. The molecule has 258 valence electrons. The van der Waals surface area contributed by atoms with Crippen LogP contribution in [0.1, 0.15) is 58.7 Å². The summed E-state index contributed by atoms with van der Waals surface area (Å²) in [5, 5.41) is 32.9. The first kappa shape index (κ1) is 37.4. The first-order chi connectivity index (χ1) is 21.5. The zero-order valence-corrected chi connectivity index (χ0v) is 27.6. The zero-order valence-electron chi connectivity index (χ0n) is 26.8. The molecular formula is C31H39F3N4O8S. The molecule has 3 amide bonds. The fourth-order valence-corrected chi connectivity index (χ4v) is 6.31. The molecule has 1 saturated carbocycles. The molecule has 47 heavy (non-hydrogen) atoms. The second kappa shape index (κ2) is 13.6. The lowest BCUT2D eigenvalue weighted by molar-refractivity contribution is -0.192. The van der Waals surface area contributed by atoms with Crippen molar-refractivity contribution >= 4 is 41.0 Å². The molecule has 5 N–H and O–H groups in total. The average molecular weight is 685 g/mol. The molecule has 2 aromatic rings. The minimum Gasteiger partial charge on any atom is -0.480 e. The van der Waals surface area contributed by atoms with Crippen LogP contribution in [-0.2, 0) is 30.5 Å². The van der Waals surface area contributed by atoms with Crippen LogP contribution in [0.4, 0.5) is 13.2 Å². The number of aliphatic carboxylic acids is 2. The van der Waals surface area contributed by atoms with E-state index in [1.807, 2.05) is 31.2 Å². The van der Waals surface area contributed by atoms with E-state index in [0.717, 1.165) is 21.7 Å². The lowest BCUT2D eigenvalue weighted by Crippen LogP contribution is -2.59. The third kappa shape index (κ3) is 8.27. The smallest absolute Gasteiger partial charge is 0.480 e. The minimum atomic E-state index is -5.08. The van der Waals surface area contributed by atoms with Crippen molar-refractivity contribution in [3.05, 3.63) is 41.0 Å². The van der Waals surface area contributed by atoms with Crippen LogP contribution in [0, 0.1) is 23.2 Å². The summed E-state index contributed by atoms with van der Waals surface area (Å²) < 4.78 is 31.7. The number of alkyl halides is 3. The Morgan fingerprint density at radius 1 is 1.09 bits per heavy atom. The van der Waals surface area contributed by atoms with E-state index in [9.17, 15) is 42.6 Å². The molecule has 1 saturated heterocycles. The Labute approximate surface area is 273 Å². The van der Waals surface area contributed by atoms with E-state index in [1.54, 1.807) is 51.5 Å². The van der Waals surface area contributed by atoms with Gasteiger partial charge >= 0.3 is 18.1 Å². The maximum absolute atomic E-state index is 13.8. The summed E-state index contributed by atoms with van der Waals surface area (Å²) >= 11 is 1.56. The van der Waals surface area contributed by atoms with Crippen LogP contribution in [-0.4, -0.2) is 85.8 Å². The standard InChI is InChI=1S/C29H38N4O6S.C2HF3O2/c1-16-21(40-15-31-16)18-9-7-17(8-10-18)12-30-23(35)20-11-19(34)13-33(20)24(36)22(27(2,3)4)32-25(37)29(26(38)39)14-28(29,5)6;3-2(4,5)1(6)7/h7-10,15,19-20,22,34H,11-14H2,1-6H3,(H,30,35)(H,32,37)(H,38,39);(H,6,7)/t19-,20+,22+,29?;/m1./s1. The molecule has 16 heteroatoms. The molecule has 2 heterocycles. The van der Waals surface area contributed by atoms with Gasteiger partial charge in [-0.15, -0.1) is 11.3 Å². The number of carboxylic acids is 2. The Morgan fingerprint density at radius 2 is 1.64 bits per heavy atom. The molecule has 1 aromatic carbocycles. The van der Waals surface area contributed by atoms with Gasteiger partial charge in [-0.2, -0.15) is 13.2 Å². The monoisotopic (exact) mass is 684 g/mol. The summed E-state index contributed by atoms with van der Waals surface area (Å²) in [5.41, 5.74) is 1.55. The van der Waals surface area contributed by atoms with Crippen molar-refractivity contribution in [2.24, 2.45) is 16.2 Å². The molecule has 0 radical (unpaired) electrons. The van der Waals surface area contributed by atoms with E-state index in [0.29, 0.717) is 0 Å². The van der Waals surface area contributed by atoms with E-state index < -0.39 is 70.3 Å². The SMILES string of the molecule is Cc1ncsc1-c1ccc(CNC(=O)[C@@H]2C[C@@H](O)CN2C(=O)[C@H](NC(=O)C2(C(=O)O)CC2(C)C)C(C)(C)C)cc1.O=C(O)C(F)(F)F. The van der Waals surface area contributed by atoms with Crippen LogP contribution in [0.2, 0.25) is 0 Å². The number of carbonyl (C=O) groups excluding carboxylic acids is 3. The van der Waals surface area contributed by atoms with Crippen LogP contribution >= 0.6 is 11.3 Å². The third-order valence-electron chi connectivity index (χ3n) is 8.41. The normalized spacial score (nSPS) is 22.4. The Kier molecular flexibility index (Phi) is 10.8. The first-order valence-electron chi connectivity index (χ1n) is 14.6. The summed E-state index contributed by atoms with van der Waals surface area (Å²) in [6.07, 6.45) is -5.74. The van der Waals surface area contributed by atoms with Gasteiger partial charge in [0.25, 0.3) is 0 Å². The number of carbonyl (C=O) groups is 5. The van der Waals surface area contributed by atoms with Gasteiger partial charge < -0.3 is 30.9 Å². The minimum absolute atomic E-state index is 0.0577. The third-order valence-corrected chi connectivity index (χ3v) is 9.39. The Hall–Kier alpha value is -4.05. The molecule has 4 rings (SSSR count). The number of likely N-dealkylation sites (tertiary alicyclic amines) is 1. The number of aliphatic hydroxyl groups is 1. The van der Waals surface area contributed by atoms with E-state index >= 15 is 0 Å². The van der Waals surface area contributed by atoms with Gasteiger partial charge in [0.2, 0.25) is 17.7 Å². The number of hydrogen-bond acceptors (Lipinski definition) is 8. The van der Waals surface area contributed by atoms with Gasteiger partial charge in [-0.3, -0.25) is 19.2 Å². The van der Waals surface area contributed by atoms with Crippen molar-refractivity contribution in [2.45, 2.75) is 85.3 Å². The predicted molar refractivity (Wildman–Crippen MR) is 164 cm³/mol. The zero-order chi connectivity index (χ0) is 35.7. The maximum atomic E-state index is 13.8. The summed E-state index contributed by atoms with van der Waals surface area (Å²) in [4.78, 5) is 67.8. The van der Waals surface area contributed by atoms with Crippen molar-refractivity contribution < 1.29 is 52.5 Å². The lowest BCUT2D eigenvalue weighted by atomic mass is 9.84. The van der Waals surface area contributed by atoms with Crippen LogP contribution in [0.3, 0.4) is 0 Å². The second-order valence-corrected chi connectivity index (χ2v) is 14.3. The number of hydrogen-bond donors (Lipinski definition) is 5. The topological polar surface area (TPSA) is 186 Å². The number of aliphatic hydroxyl groups excluding tert-OH is 1. The van der Waals surface area contributed by atoms with Crippen LogP contribution in [0.15, 0.2) is 29.8 Å². The van der Waals surface area contributed by atoms with Gasteiger partial charge in [-0.05, 0) is 35.3 Å². The maximum Gasteiger partial charge on any atom is 0.490 e. The summed E-state index contributed by atoms with van der Waals surface area (Å²) in [7, 11) is 0. The fraction of sp³-hybridized carbons (Fsp3) is 0.548. The van der Waals surface area contributed by atoms with Crippen LogP contribution in [0.5, 0.6) is 0 Å². The van der Waals surface area contributed by atoms with Crippen molar-refractivity contribution in [1.29, 1.82) is 0 Å². The van der Waals surface area contributed by atoms with Crippen molar-refractivity contribution in [2.75, 3.05) is 6.54 Å². The Balaban J connectivity index is 0.000000771. The van der Waals surface area contributed by atoms with Gasteiger partial charge in [0.1, 0.15) is 12.1 Å². The molecule has 1 unspecified atom stereocenters. The number of carboxylic acid groups (broad SMARTS) is 2. The number of benzene rings is 1. The van der Waals surface area contributed by atoms with E-state index in [1.165, 1.54) is 4.90 Å². The largest absolute Gasteiger partial charge is 0.490 e. The van der Waals surface area contributed by atoms with Gasteiger partial charge in [0.15, 0.2) is 5.41 Å². The summed E-state index contributed by atoms with van der Waals surface area (Å²) in [6.45, 7) is 10.8. The number of nitrogens with zero attached hydrogens (tertiary/aromatic N) is 2. The molecule has 1 aliphatic heterocycles.